The third-order valence-electron chi connectivity index (χ3n) is 3.35. The van der Waals surface area contributed by atoms with Crippen LogP contribution in [0.4, 0.5) is 15.8 Å². The van der Waals surface area contributed by atoms with Crippen LogP contribution in [0.3, 0.4) is 0 Å². The molecule has 2 aromatic rings. The van der Waals surface area contributed by atoms with Gasteiger partial charge in [-0.05, 0) is 36.1 Å². The summed E-state index contributed by atoms with van der Waals surface area (Å²) in [7, 11) is 0. The summed E-state index contributed by atoms with van der Waals surface area (Å²) in [6, 6.07) is 7.43. The molecule has 0 bridgehead atoms. The summed E-state index contributed by atoms with van der Waals surface area (Å²) in [6.07, 6.45) is 1.07. The first kappa shape index (κ1) is 12.8. The first-order valence-corrected chi connectivity index (χ1v) is 7.53. The zero-order valence-electron chi connectivity index (χ0n) is 10.3. The molecule has 2 nitrogen and oxygen atoms in total. The van der Waals surface area contributed by atoms with Gasteiger partial charge in [0.15, 0.2) is 0 Å². The van der Waals surface area contributed by atoms with Crippen molar-refractivity contribution in [3.8, 4) is 0 Å². The summed E-state index contributed by atoms with van der Waals surface area (Å²) in [5, 5.41) is 7.87. The van der Waals surface area contributed by atoms with E-state index in [0.29, 0.717) is 6.04 Å². The van der Waals surface area contributed by atoms with Crippen molar-refractivity contribution in [3.05, 3.63) is 45.9 Å². The van der Waals surface area contributed by atoms with Gasteiger partial charge in [-0.1, -0.05) is 11.6 Å². The number of nitrogens with one attached hydrogen (secondary N) is 1. The van der Waals surface area contributed by atoms with Crippen LogP contribution >= 0.6 is 22.9 Å². The summed E-state index contributed by atoms with van der Waals surface area (Å²) < 4.78 is 13.2. The number of hydrogen-bond acceptors (Lipinski definition) is 3. The molecule has 0 spiro atoms. The summed E-state index contributed by atoms with van der Waals surface area (Å²) in [5.41, 5.74) is 2.16. The molecule has 1 aromatic carbocycles. The molecule has 2 heterocycles. The number of hydrogen-bond donors (Lipinski definition) is 1. The number of nitrogens with zero attached hydrogens (tertiary/aromatic N) is 1. The van der Waals surface area contributed by atoms with E-state index >= 15 is 0 Å². The highest BCUT2D eigenvalue weighted by Crippen LogP contribution is 2.26. The fraction of sp³-hybridized carbons (Fsp3) is 0.286. The smallest absolute Gasteiger partial charge is 0.141 e. The molecule has 19 heavy (non-hydrogen) atoms. The van der Waals surface area contributed by atoms with Crippen LogP contribution in [-0.4, -0.2) is 19.1 Å². The maximum atomic E-state index is 13.2. The first-order chi connectivity index (χ1) is 9.22. The molecule has 5 heteroatoms. The normalized spacial score (nSPS) is 18.8. The van der Waals surface area contributed by atoms with Gasteiger partial charge >= 0.3 is 0 Å². The van der Waals surface area contributed by atoms with Crippen LogP contribution < -0.4 is 10.2 Å². The van der Waals surface area contributed by atoms with Crippen LogP contribution in [0.25, 0.3) is 0 Å². The molecule has 0 radical (unpaired) electrons. The number of halogens is 2. The standard InChI is InChI=1S/C14H14ClFN2S/c15-13-7-12(1-2-14(13)16)18-5-3-10(8-18)17-11-4-6-19-9-11/h1-2,4,6-7,9-10,17H,3,5,8H2/t10-/m0/s1. The van der Waals surface area contributed by atoms with Gasteiger partial charge in [0.25, 0.3) is 0 Å². The molecule has 0 aliphatic carbocycles. The summed E-state index contributed by atoms with van der Waals surface area (Å²) in [5.74, 6) is -0.363. The number of rotatable bonds is 3. The van der Waals surface area contributed by atoms with E-state index in [-0.39, 0.29) is 10.8 Å². The third kappa shape index (κ3) is 2.85. The zero-order valence-corrected chi connectivity index (χ0v) is 11.8. The van der Waals surface area contributed by atoms with Crippen molar-refractivity contribution in [2.24, 2.45) is 0 Å². The van der Waals surface area contributed by atoms with Crippen LogP contribution in [0.5, 0.6) is 0 Å². The Morgan fingerprint density at radius 1 is 1.37 bits per heavy atom. The van der Waals surface area contributed by atoms with Crippen molar-refractivity contribution in [1.29, 1.82) is 0 Å². The lowest BCUT2D eigenvalue weighted by Gasteiger charge is -2.19. The van der Waals surface area contributed by atoms with Gasteiger partial charge in [-0.15, -0.1) is 0 Å². The van der Waals surface area contributed by atoms with Gasteiger partial charge in [-0.3, -0.25) is 0 Å². The average molecular weight is 297 g/mol. The van der Waals surface area contributed by atoms with E-state index in [2.05, 4.69) is 27.0 Å². The van der Waals surface area contributed by atoms with Crippen molar-refractivity contribution in [2.45, 2.75) is 12.5 Å². The molecule has 1 N–H and O–H groups in total. The number of thiophene rings is 1. The molecular formula is C14H14ClFN2S. The fourth-order valence-electron chi connectivity index (χ4n) is 2.38. The topological polar surface area (TPSA) is 15.3 Å². The minimum atomic E-state index is -0.363. The lowest BCUT2D eigenvalue weighted by atomic mass is 10.2. The van der Waals surface area contributed by atoms with Crippen molar-refractivity contribution >= 4 is 34.3 Å². The Morgan fingerprint density at radius 3 is 3.00 bits per heavy atom. The Hall–Kier alpha value is -1.26. The van der Waals surface area contributed by atoms with E-state index in [4.69, 9.17) is 11.6 Å². The Labute approximate surface area is 120 Å². The Bertz CT molecular complexity index is 559. The largest absolute Gasteiger partial charge is 0.380 e. The van der Waals surface area contributed by atoms with Crippen LogP contribution in [0, 0.1) is 5.82 Å². The molecular weight excluding hydrogens is 283 g/mol. The molecule has 1 aliphatic rings. The average Bonchev–Trinajstić information content (AvgIpc) is 3.05. The van der Waals surface area contributed by atoms with Crippen molar-refractivity contribution < 1.29 is 4.39 Å². The van der Waals surface area contributed by atoms with E-state index in [9.17, 15) is 4.39 Å². The maximum absolute atomic E-state index is 13.2. The van der Waals surface area contributed by atoms with E-state index in [1.54, 1.807) is 23.5 Å². The second-order valence-corrected chi connectivity index (χ2v) is 5.87. The third-order valence-corrected chi connectivity index (χ3v) is 4.32. The second-order valence-electron chi connectivity index (χ2n) is 4.69. The van der Waals surface area contributed by atoms with Gasteiger partial charge < -0.3 is 10.2 Å². The Morgan fingerprint density at radius 2 is 2.26 bits per heavy atom. The van der Waals surface area contributed by atoms with Crippen LogP contribution in [0.15, 0.2) is 35.0 Å². The molecule has 1 aliphatic heterocycles. The van der Waals surface area contributed by atoms with Crippen LogP contribution in [-0.2, 0) is 0 Å². The number of anilines is 2. The minimum Gasteiger partial charge on any atom is -0.380 e. The van der Waals surface area contributed by atoms with E-state index in [0.717, 1.165) is 25.2 Å². The van der Waals surface area contributed by atoms with Crippen LogP contribution in [0.1, 0.15) is 6.42 Å². The SMILES string of the molecule is Fc1ccc(N2CC[C@H](Nc3ccsc3)C2)cc1Cl. The first-order valence-electron chi connectivity index (χ1n) is 6.21. The molecule has 3 rings (SSSR count). The highest BCUT2D eigenvalue weighted by molar-refractivity contribution is 7.08. The summed E-state index contributed by atoms with van der Waals surface area (Å²) >= 11 is 7.52. The summed E-state index contributed by atoms with van der Waals surface area (Å²) in [4.78, 5) is 2.23. The maximum Gasteiger partial charge on any atom is 0.141 e. The minimum absolute atomic E-state index is 0.187. The van der Waals surface area contributed by atoms with Gasteiger partial charge in [0, 0.05) is 35.9 Å². The highest BCUT2D eigenvalue weighted by atomic mass is 35.5. The molecule has 1 aromatic heterocycles. The number of benzene rings is 1. The predicted molar refractivity (Wildman–Crippen MR) is 80.0 cm³/mol. The van der Waals surface area contributed by atoms with Crippen molar-refractivity contribution in [2.75, 3.05) is 23.3 Å². The molecule has 1 saturated heterocycles. The second kappa shape index (κ2) is 5.39. The Kier molecular flexibility index (Phi) is 3.62. The lowest BCUT2D eigenvalue weighted by molar-refractivity contribution is 0.628. The van der Waals surface area contributed by atoms with E-state index in [1.165, 1.54) is 11.8 Å². The molecule has 0 unspecified atom stereocenters. The summed E-state index contributed by atoms with van der Waals surface area (Å²) in [6.45, 7) is 1.88. The molecule has 100 valence electrons. The van der Waals surface area contributed by atoms with Gasteiger partial charge in [-0.25, -0.2) is 4.39 Å². The lowest BCUT2D eigenvalue weighted by Crippen LogP contribution is -2.25. The van der Waals surface area contributed by atoms with Gasteiger partial charge in [-0.2, -0.15) is 11.3 Å². The van der Waals surface area contributed by atoms with Gasteiger partial charge in [0.1, 0.15) is 5.82 Å². The van der Waals surface area contributed by atoms with E-state index < -0.39 is 0 Å². The molecule has 0 saturated carbocycles. The molecule has 1 atom stereocenters. The zero-order chi connectivity index (χ0) is 13.2. The highest BCUT2D eigenvalue weighted by Gasteiger charge is 2.23. The van der Waals surface area contributed by atoms with Crippen molar-refractivity contribution in [3.63, 3.8) is 0 Å². The van der Waals surface area contributed by atoms with Crippen LogP contribution in [0.2, 0.25) is 5.02 Å². The monoisotopic (exact) mass is 296 g/mol. The van der Waals surface area contributed by atoms with Crippen molar-refractivity contribution in [1.82, 2.24) is 0 Å². The Balaban J connectivity index is 1.66. The molecule has 0 amide bonds. The van der Waals surface area contributed by atoms with E-state index in [1.807, 2.05) is 0 Å². The van der Waals surface area contributed by atoms with Gasteiger partial charge in [0.2, 0.25) is 0 Å². The fourth-order valence-corrected chi connectivity index (χ4v) is 3.15. The quantitative estimate of drug-likeness (QED) is 0.912. The van der Waals surface area contributed by atoms with Gasteiger partial charge in [0.05, 0.1) is 5.02 Å². The molecule has 1 fully saturated rings. The predicted octanol–water partition coefficient (Wildman–Crippen LogP) is 4.23.